The maximum Gasteiger partial charge on any atom is 0.270 e. The van der Waals surface area contributed by atoms with Crippen LogP contribution in [0.2, 0.25) is 0 Å². The molecule has 174 valence electrons. The normalized spacial score (nSPS) is 20.5. The summed E-state index contributed by atoms with van der Waals surface area (Å²) in [4.78, 5) is 33.0. The zero-order valence-electron chi connectivity index (χ0n) is 19.4. The SMILES string of the molecule is CCC1CCCCN1CCCNC(=O)CC1CCN(C(=O)c2cc3ccccc3[nH]2)CC1. The fraction of sp³-hybridized carbons (Fsp3) is 0.615. The lowest BCUT2D eigenvalue weighted by atomic mass is 9.93. The van der Waals surface area contributed by atoms with Crippen molar-refractivity contribution in [2.24, 2.45) is 5.92 Å². The Labute approximate surface area is 191 Å². The van der Waals surface area contributed by atoms with Gasteiger partial charge in [-0.1, -0.05) is 31.5 Å². The summed E-state index contributed by atoms with van der Waals surface area (Å²) in [7, 11) is 0. The van der Waals surface area contributed by atoms with E-state index < -0.39 is 0 Å². The van der Waals surface area contributed by atoms with Crippen molar-refractivity contribution in [1.82, 2.24) is 20.1 Å². The number of benzene rings is 1. The Morgan fingerprint density at radius 3 is 2.69 bits per heavy atom. The minimum absolute atomic E-state index is 0.0622. The smallest absolute Gasteiger partial charge is 0.270 e. The number of H-pyrrole nitrogens is 1. The van der Waals surface area contributed by atoms with Crippen LogP contribution in [0.1, 0.15) is 68.8 Å². The number of fused-ring (bicyclic) bond motifs is 1. The summed E-state index contributed by atoms with van der Waals surface area (Å²) >= 11 is 0. The number of nitrogens with one attached hydrogen (secondary N) is 2. The van der Waals surface area contributed by atoms with Crippen LogP contribution in [0.5, 0.6) is 0 Å². The molecule has 0 aliphatic carbocycles. The second-order valence-corrected chi connectivity index (χ2v) is 9.51. The molecule has 4 rings (SSSR count). The van der Waals surface area contributed by atoms with E-state index in [1.165, 1.54) is 32.2 Å². The molecule has 0 radical (unpaired) electrons. The second kappa shape index (κ2) is 11.0. The molecule has 1 unspecified atom stereocenters. The average molecular weight is 439 g/mol. The number of aromatic amines is 1. The maximum atomic E-state index is 12.9. The lowest BCUT2D eigenvalue weighted by Crippen LogP contribution is -2.41. The van der Waals surface area contributed by atoms with E-state index in [1.807, 2.05) is 35.2 Å². The van der Waals surface area contributed by atoms with Crippen LogP contribution in [0.15, 0.2) is 30.3 Å². The summed E-state index contributed by atoms with van der Waals surface area (Å²) in [6, 6.07) is 10.6. The van der Waals surface area contributed by atoms with Crippen LogP contribution in [0.3, 0.4) is 0 Å². The highest BCUT2D eigenvalue weighted by molar-refractivity contribution is 5.98. The number of likely N-dealkylation sites (tertiary alicyclic amines) is 2. The predicted molar refractivity (Wildman–Crippen MR) is 129 cm³/mol. The molecule has 0 saturated carbocycles. The van der Waals surface area contributed by atoms with Gasteiger partial charge in [-0.15, -0.1) is 0 Å². The molecule has 6 nitrogen and oxygen atoms in total. The molecule has 2 aliphatic rings. The molecule has 2 fully saturated rings. The van der Waals surface area contributed by atoms with Crippen LogP contribution in [-0.4, -0.2) is 65.4 Å². The van der Waals surface area contributed by atoms with Crippen molar-refractivity contribution < 1.29 is 9.59 Å². The van der Waals surface area contributed by atoms with E-state index in [0.717, 1.165) is 62.4 Å². The number of hydrogen-bond donors (Lipinski definition) is 2. The van der Waals surface area contributed by atoms with Crippen molar-refractivity contribution in [2.45, 2.75) is 64.3 Å². The number of piperidine rings is 2. The fourth-order valence-electron chi connectivity index (χ4n) is 5.36. The first-order valence-electron chi connectivity index (χ1n) is 12.5. The quantitative estimate of drug-likeness (QED) is 0.608. The van der Waals surface area contributed by atoms with Gasteiger partial charge in [0.25, 0.3) is 5.91 Å². The minimum Gasteiger partial charge on any atom is -0.356 e. The van der Waals surface area contributed by atoms with E-state index in [1.54, 1.807) is 0 Å². The number of carbonyl (C=O) groups is 2. The summed E-state index contributed by atoms with van der Waals surface area (Å²) in [5, 5.41) is 4.19. The van der Waals surface area contributed by atoms with Gasteiger partial charge >= 0.3 is 0 Å². The molecule has 2 N–H and O–H groups in total. The summed E-state index contributed by atoms with van der Waals surface area (Å²) in [6.45, 7) is 6.79. The predicted octanol–water partition coefficient (Wildman–Crippen LogP) is 4.18. The molecule has 2 aromatic rings. The second-order valence-electron chi connectivity index (χ2n) is 9.51. The molecule has 2 saturated heterocycles. The van der Waals surface area contributed by atoms with Crippen LogP contribution >= 0.6 is 0 Å². The molecule has 6 heteroatoms. The Hall–Kier alpha value is -2.34. The van der Waals surface area contributed by atoms with E-state index in [-0.39, 0.29) is 11.8 Å². The number of carbonyl (C=O) groups excluding carboxylic acids is 2. The van der Waals surface area contributed by atoms with Crippen LogP contribution < -0.4 is 5.32 Å². The largest absolute Gasteiger partial charge is 0.356 e. The fourth-order valence-corrected chi connectivity index (χ4v) is 5.36. The van der Waals surface area contributed by atoms with Crippen LogP contribution in [-0.2, 0) is 4.79 Å². The van der Waals surface area contributed by atoms with Crippen LogP contribution in [0.4, 0.5) is 0 Å². The summed E-state index contributed by atoms with van der Waals surface area (Å²) in [5.41, 5.74) is 1.65. The first-order chi connectivity index (χ1) is 15.6. The van der Waals surface area contributed by atoms with Crippen molar-refractivity contribution >= 4 is 22.7 Å². The van der Waals surface area contributed by atoms with E-state index in [4.69, 9.17) is 0 Å². The lowest BCUT2D eigenvalue weighted by molar-refractivity contribution is -0.122. The minimum atomic E-state index is 0.0622. The molecule has 32 heavy (non-hydrogen) atoms. The third-order valence-corrected chi connectivity index (χ3v) is 7.30. The Balaban J connectivity index is 1.14. The molecule has 1 aromatic heterocycles. The Morgan fingerprint density at radius 1 is 1.09 bits per heavy atom. The van der Waals surface area contributed by atoms with Crippen molar-refractivity contribution in [3.05, 3.63) is 36.0 Å². The van der Waals surface area contributed by atoms with Crippen molar-refractivity contribution in [3.8, 4) is 0 Å². The van der Waals surface area contributed by atoms with Gasteiger partial charge in [0.05, 0.1) is 0 Å². The number of nitrogens with zero attached hydrogens (tertiary/aromatic N) is 2. The van der Waals surface area contributed by atoms with Gasteiger partial charge < -0.3 is 20.1 Å². The van der Waals surface area contributed by atoms with Crippen LogP contribution in [0.25, 0.3) is 10.9 Å². The van der Waals surface area contributed by atoms with Gasteiger partial charge in [-0.3, -0.25) is 9.59 Å². The number of aromatic nitrogens is 1. The maximum absolute atomic E-state index is 12.9. The molecule has 1 atom stereocenters. The monoisotopic (exact) mass is 438 g/mol. The van der Waals surface area contributed by atoms with Gasteiger partial charge in [-0.05, 0) is 63.1 Å². The lowest BCUT2D eigenvalue weighted by Gasteiger charge is -2.35. The Kier molecular flexibility index (Phi) is 7.85. The van der Waals surface area contributed by atoms with Crippen molar-refractivity contribution in [1.29, 1.82) is 0 Å². The zero-order chi connectivity index (χ0) is 22.3. The van der Waals surface area contributed by atoms with Gasteiger partial charge in [0.2, 0.25) is 5.91 Å². The summed E-state index contributed by atoms with van der Waals surface area (Å²) in [6.07, 6.45) is 8.62. The Morgan fingerprint density at radius 2 is 1.91 bits per heavy atom. The average Bonchev–Trinajstić information content (AvgIpc) is 3.26. The number of hydrogen-bond acceptors (Lipinski definition) is 3. The first kappa shape index (κ1) is 22.8. The van der Waals surface area contributed by atoms with Gasteiger partial charge in [0.15, 0.2) is 0 Å². The van der Waals surface area contributed by atoms with Gasteiger partial charge in [0.1, 0.15) is 5.69 Å². The first-order valence-corrected chi connectivity index (χ1v) is 12.5. The van der Waals surface area contributed by atoms with E-state index in [2.05, 4.69) is 22.1 Å². The number of para-hydroxylation sites is 1. The molecule has 2 amide bonds. The third kappa shape index (κ3) is 5.71. The van der Waals surface area contributed by atoms with E-state index in [0.29, 0.717) is 18.0 Å². The molecule has 1 aromatic carbocycles. The Bertz CT molecular complexity index is 867. The highest BCUT2D eigenvalue weighted by atomic mass is 16.2. The highest BCUT2D eigenvalue weighted by Gasteiger charge is 2.26. The summed E-state index contributed by atoms with van der Waals surface area (Å²) in [5.74, 6) is 0.594. The van der Waals surface area contributed by atoms with E-state index >= 15 is 0 Å². The number of amides is 2. The molecular formula is C26H38N4O2. The number of rotatable bonds is 8. The molecule has 2 aliphatic heterocycles. The van der Waals surface area contributed by atoms with Gasteiger partial charge in [0, 0.05) is 49.5 Å². The van der Waals surface area contributed by atoms with Crippen LogP contribution in [0, 0.1) is 5.92 Å². The molecular weight excluding hydrogens is 400 g/mol. The highest BCUT2D eigenvalue weighted by Crippen LogP contribution is 2.23. The third-order valence-electron chi connectivity index (χ3n) is 7.30. The zero-order valence-corrected chi connectivity index (χ0v) is 19.4. The van der Waals surface area contributed by atoms with Gasteiger partial charge in [-0.25, -0.2) is 0 Å². The summed E-state index contributed by atoms with van der Waals surface area (Å²) < 4.78 is 0. The van der Waals surface area contributed by atoms with Gasteiger partial charge in [-0.2, -0.15) is 0 Å². The molecule has 0 spiro atoms. The van der Waals surface area contributed by atoms with Crippen molar-refractivity contribution in [2.75, 3.05) is 32.7 Å². The molecule has 0 bridgehead atoms. The topological polar surface area (TPSA) is 68.4 Å². The standard InChI is InChI=1S/C26H38N4O2/c1-2-22-9-5-6-14-29(22)15-7-13-27-25(31)18-20-11-16-30(17-12-20)26(32)24-19-21-8-3-4-10-23(21)28-24/h3-4,8,10,19-20,22,28H,2,5-7,9,11-18H2,1H3,(H,27,31). The van der Waals surface area contributed by atoms with Crippen molar-refractivity contribution in [3.63, 3.8) is 0 Å². The van der Waals surface area contributed by atoms with E-state index in [9.17, 15) is 9.59 Å². The molecule has 3 heterocycles.